The summed E-state index contributed by atoms with van der Waals surface area (Å²) in [5.74, 6) is 0.593. The molecule has 154 valence electrons. The number of nitrogens with zero attached hydrogens (tertiary/aromatic N) is 2. The molecular weight excluding hydrogens is 436 g/mol. The number of aromatic amines is 1. The lowest BCUT2D eigenvalue weighted by molar-refractivity contribution is 0.0270. The maximum Gasteiger partial charge on any atom is 0.410 e. The van der Waals surface area contributed by atoms with Gasteiger partial charge in [-0.15, -0.1) is 0 Å². The Bertz CT molecular complexity index is 978. The van der Waals surface area contributed by atoms with Crippen molar-refractivity contribution in [1.29, 1.82) is 0 Å². The Morgan fingerprint density at radius 2 is 2.17 bits per heavy atom. The minimum absolute atomic E-state index is 0.202. The quantitative estimate of drug-likeness (QED) is 0.658. The number of pyridine rings is 2. The molecule has 0 bridgehead atoms. The SMILES string of the molecule is CC(C)(C)OC(=O)N1CC=C(c2cccc(Nc3cc(CBr)c[nH]c3=O)n2)CC1. The van der Waals surface area contributed by atoms with Crippen molar-refractivity contribution in [2.24, 2.45) is 0 Å². The van der Waals surface area contributed by atoms with Crippen LogP contribution in [0.2, 0.25) is 0 Å². The number of alkyl halides is 1. The third kappa shape index (κ3) is 5.69. The standard InChI is InChI=1S/C21H25BrN4O3/c1-21(2,3)29-20(28)26-9-7-15(8-10-26)16-5-4-6-18(24-16)25-17-11-14(12-22)13-23-19(17)27/h4-7,11,13H,8-10,12H2,1-3H3,(H,23,27)(H,24,25). The highest BCUT2D eigenvalue weighted by molar-refractivity contribution is 9.08. The maximum atomic E-state index is 12.2. The number of ether oxygens (including phenoxy) is 1. The van der Waals surface area contributed by atoms with Crippen LogP contribution in [0.15, 0.2) is 41.3 Å². The summed E-state index contributed by atoms with van der Waals surface area (Å²) >= 11 is 3.39. The number of anilines is 2. The summed E-state index contributed by atoms with van der Waals surface area (Å²) < 4.78 is 5.43. The van der Waals surface area contributed by atoms with E-state index in [9.17, 15) is 9.59 Å². The van der Waals surface area contributed by atoms with E-state index in [1.54, 1.807) is 17.2 Å². The highest BCUT2D eigenvalue weighted by Crippen LogP contribution is 2.24. The zero-order valence-electron chi connectivity index (χ0n) is 16.8. The van der Waals surface area contributed by atoms with Crippen LogP contribution >= 0.6 is 15.9 Å². The molecule has 0 radical (unpaired) electrons. The Balaban J connectivity index is 1.72. The summed E-state index contributed by atoms with van der Waals surface area (Å²) in [5, 5.41) is 3.74. The van der Waals surface area contributed by atoms with E-state index in [-0.39, 0.29) is 11.7 Å². The lowest BCUT2D eigenvalue weighted by Crippen LogP contribution is -2.39. The van der Waals surface area contributed by atoms with E-state index in [0.717, 1.165) is 16.8 Å². The molecule has 1 aliphatic rings. The minimum Gasteiger partial charge on any atom is -0.444 e. The van der Waals surface area contributed by atoms with Gasteiger partial charge in [0.05, 0.1) is 5.69 Å². The number of carbonyl (C=O) groups excluding carboxylic acids is 1. The highest BCUT2D eigenvalue weighted by atomic mass is 79.9. The van der Waals surface area contributed by atoms with E-state index in [4.69, 9.17) is 4.74 Å². The molecule has 0 aliphatic carbocycles. The van der Waals surface area contributed by atoms with E-state index in [0.29, 0.717) is 36.3 Å². The lowest BCUT2D eigenvalue weighted by atomic mass is 10.0. The smallest absolute Gasteiger partial charge is 0.410 e. The first-order valence-electron chi connectivity index (χ1n) is 9.44. The zero-order valence-corrected chi connectivity index (χ0v) is 18.4. The molecule has 2 aromatic rings. The molecule has 8 heteroatoms. The van der Waals surface area contributed by atoms with E-state index < -0.39 is 5.60 Å². The molecule has 1 amide bonds. The van der Waals surface area contributed by atoms with Crippen molar-refractivity contribution < 1.29 is 9.53 Å². The van der Waals surface area contributed by atoms with Gasteiger partial charge in [0.1, 0.15) is 17.1 Å². The number of rotatable bonds is 4. The maximum absolute atomic E-state index is 12.2. The van der Waals surface area contributed by atoms with Crippen molar-refractivity contribution in [1.82, 2.24) is 14.9 Å². The summed E-state index contributed by atoms with van der Waals surface area (Å²) in [7, 11) is 0. The molecule has 2 aromatic heterocycles. The normalized spacial score (nSPS) is 14.3. The first-order valence-corrected chi connectivity index (χ1v) is 10.6. The molecule has 0 saturated carbocycles. The van der Waals surface area contributed by atoms with Crippen molar-refractivity contribution in [3.05, 3.63) is 58.1 Å². The van der Waals surface area contributed by atoms with Crippen LogP contribution in [0.4, 0.5) is 16.3 Å². The van der Waals surface area contributed by atoms with Gasteiger partial charge in [-0.3, -0.25) is 4.79 Å². The van der Waals surface area contributed by atoms with Crippen molar-refractivity contribution in [2.75, 3.05) is 18.4 Å². The number of nitrogens with one attached hydrogen (secondary N) is 2. The lowest BCUT2D eigenvalue weighted by Gasteiger charge is -2.29. The van der Waals surface area contributed by atoms with Crippen LogP contribution < -0.4 is 10.9 Å². The van der Waals surface area contributed by atoms with Gasteiger partial charge in [-0.2, -0.15) is 0 Å². The van der Waals surface area contributed by atoms with E-state index in [1.165, 1.54) is 0 Å². The Morgan fingerprint density at radius 3 is 2.83 bits per heavy atom. The number of H-pyrrole nitrogens is 1. The predicted octanol–water partition coefficient (Wildman–Crippen LogP) is 4.43. The number of halogens is 1. The van der Waals surface area contributed by atoms with Crippen LogP contribution in [-0.2, 0) is 10.1 Å². The molecule has 3 heterocycles. The van der Waals surface area contributed by atoms with Crippen LogP contribution in [0.5, 0.6) is 0 Å². The summed E-state index contributed by atoms with van der Waals surface area (Å²) in [6.45, 7) is 6.63. The summed E-state index contributed by atoms with van der Waals surface area (Å²) in [5.41, 5.74) is 2.59. The largest absolute Gasteiger partial charge is 0.444 e. The number of carbonyl (C=O) groups is 1. The molecule has 29 heavy (non-hydrogen) atoms. The second kappa shape index (κ2) is 8.82. The molecule has 7 nitrogen and oxygen atoms in total. The van der Waals surface area contributed by atoms with Crippen LogP contribution in [0.3, 0.4) is 0 Å². The topological polar surface area (TPSA) is 87.3 Å². The zero-order chi connectivity index (χ0) is 21.0. The molecule has 1 aliphatic heterocycles. The monoisotopic (exact) mass is 460 g/mol. The van der Waals surface area contributed by atoms with Gasteiger partial charge in [0.2, 0.25) is 0 Å². The van der Waals surface area contributed by atoms with E-state index in [2.05, 4.69) is 31.2 Å². The molecule has 2 N–H and O–H groups in total. The van der Waals surface area contributed by atoms with Crippen molar-refractivity contribution in [3.63, 3.8) is 0 Å². The summed E-state index contributed by atoms with van der Waals surface area (Å²) in [6.07, 6.45) is 4.06. The molecule has 0 spiro atoms. The van der Waals surface area contributed by atoms with Crippen molar-refractivity contribution in [3.8, 4) is 0 Å². The van der Waals surface area contributed by atoms with Crippen LogP contribution in [-0.4, -0.2) is 39.7 Å². The highest BCUT2D eigenvalue weighted by Gasteiger charge is 2.24. The number of hydrogen-bond donors (Lipinski definition) is 2. The van der Waals surface area contributed by atoms with Gasteiger partial charge < -0.3 is 19.9 Å². The van der Waals surface area contributed by atoms with Gasteiger partial charge in [-0.1, -0.05) is 28.1 Å². The van der Waals surface area contributed by atoms with Crippen LogP contribution in [0.25, 0.3) is 5.57 Å². The molecule has 0 fully saturated rings. The average Bonchev–Trinajstić information content (AvgIpc) is 2.69. The van der Waals surface area contributed by atoms with Crippen LogP contribution in [0.1, 0.15) is 38.4 Å². The Hall–Kier alpha value is -2.61. The second-order valence-corrected chi connectivity index (χ2v) is 8.38. The third-order valence-electron chi connectivity index (χ3n) is 4.32. The minimum atomic E-state index is -0.507. The van der Waals surface area contributed by atoms with Gasteiger partial charge in [-0.25, -0.2) is 9.78 Å². The number of aromatic nitrogens is 2. The van der Waals surface area contributed by atoms with E-state index >= 15 is 0 Å². The van der Waals surface area contributed by atoms with E-state index in [1.807, 2.05) is 45.0 Å². The van der Waals surface area contributed by atoms with Gasteiger partial charge in [0.15, 0.2) is 0 Å². The van der Waals surface area contributed by atoms with Crippen LogP contribution in [0, 0.1) is 0 Å². The summed E-state index contributed by atoms with van der Waals surface area (Å²) in [6, 6.07) is 7.44. The van der Waals surface area contributed by atoms with Gasteiger partial charge in [0, 0.05) is 24.6 Å². The Kier molecular flexibility index (Phi) is 6.42. The predicted molar refractivity (Wildman–Crippen MR) is 118 cm³/mol. The molecule has 0 unspecified atom stereocenters. The Morgan fingerprint density at radius 1 is 1.38 bits per heavy atom. The van der Waals surface area contributed by atoms with Crippen molar-refractivity contribution >= 4 is 39.1 Å². The number of hydrogen-bond acceptors (Lipinski definition) is 5. The molecular formula is C21H25BrN4O3. The second-order valence-electron chi connectivity index (χ2n) is 7.82. The van der Waals surface area contributed by atoms with Gasteiger partial charge >= 0.3 is 6.09 Å². The average molecular weight is 461 g/mol. The fourth-order valence-corrected chi connectivity index (χ4v) is 3.24. The number of amides is 1. The molecule has 0 atom stereocenters. The van der Waals surface area contributed by atoms with Gasteiger partial charge in [0.25, 0.3) is 5.56 Å². The first kappa shape index (κ1) is 21.1. The molecule has 0 saturated heterocycles. The molecule has 0 aromatic carbocycles. The fourth-order valence-electron chi connectivity index (χ4n) is 2.91. The summed E-state index contributed by atoms with van der Waals surface area (Å²) in [4.78, 5) is 33.3. The molecule has 3 rings (SSSR count). The van der Waals surface area contributed by atoms with Crippen molar-refractivity contribution in [2.45, 2.75) is 38.1 Å². The Labute approximate surface area is 178 Å². The fraction of sp³-hybridized carbons (Fsp3) is 0.381. The van der Waals surface area contributed by atoms with Gasteiger partial charge in [-0.05, 0) is 56.5 Å². The first-order chi connectivity index (χ1) is 13.7. The third-order valence-corrected chi connectivity index (χ3v) is 4.97.